The van der Waals surface area contributed by atoms with Crippen LogP contribution >= 0.6 is 0 Å². The Morgan fingerprint density at radius 3 is 2.03 bits per heavy atom. The second kappa shape index (κ2) is 10.3. The Morgan fingerprint density at radius 1 is 1.00 bits per heavy atom. The molecule has 2 atom stereocenters. The Morgan fingerprint density at radius 2 is 1.53 bits per heavy atom. The third-order valence-corrected chi connectivity index (χ3v) is 6.39. The topological polar surface area (TPSA) is 125 Å². The molecule has 8 heteroatoms. The Balaban J connectivity index is 1.66. The fourth-order valence-corrected chi connectivity index (χ4v) is 4.59. The Kier molecular flexibility index (Phi) is 7.61. The fourth-order valence-electron chi connectivity index (χ4n) is 4.59. The van der Waals surface area contributed by atoms with Crippen LogP contribution in [-0.4, -0.2) is 53.5 Å². The summed E-state index contributed by atoms with van der Waals surface area (Å²) < 4.78 is 5.63. The van der Waals surface area contributed by atoms with Crippen LogP contribution < -0.4 is 10.6 Å². The van der Waals surface area contributed by atoms with E-state index in [1.165, 1.54) is 0 Å². The summed E-state index contributed by atoms with van der Waals surface area (Å²) in [5.74, 6) is -2.10. The molecule has 2 amide bonds. The first-order valence-corrected chi connectivity index (χ1v) is 11.3. The van der Waals surface area contributed by atoms with E-state index in [1.54, 1.807) is 13.8 Å². The van der Waals surface area contributed by atoms with Crippen LogP contribution in [0.4, 0.5) is 4.79 Å². The van der Waals surface area contributed by atoms with Crippen molar-refractivity contribution in [3.8, 4) is 11.1 Å². The third kappa shape index (κ3) is 5.22. The molecule has 4 N–H and O–H groups in total. The van der Waals surface area contributed by atoms with Crippen molar-refractivity contribution in [1.29, 1.82) is 0 Å². The molecule has 0 saturated heterocycles. The number of aliphatic hydroxyl groups is 1. The zero-order chi connectivity index (χ0) is 25.0. The highest BCUT2D eigenvalue weighted by atomic mass is 16.5. The lowest BCUT2D eigenvalue weighted by Crippen LogP contribution is -2.56. The molecule has 0 radical (unpaired) electrons. The van der Waals surface area contributed by atoms with Crippen LogP contribution in [0, 0.1) is 11.3 Å². The van der Waals surface area contributed by atoms with Gasteiger partial charge in [-0.05, 0) is 42.0 Å². The number of alkyl carbamates (subject to hydrolysis) is 1. The highest BCUT2D eigenvalue weighted by molar-refractivity contribution is 5.84. The maximum absolute atomic E-state index is 12.8. The number of fused-ring (bicyclic) bond motifs is 3. The van der Waals surface area contributed by atoms with E-state index in [0.29, 0.717) is 0 Å². The van der Waals surface area contributed by atoms with Gasteiger partial charge in [0.15, 0.2) is 6.10 Å². The van der Waals surface area contributed by atoms with Crippen LogP contribution in [0.15, 0.2) is 48.5 Å². The van der Waals surface area contributed by atoms with Gasteiger partial charge in [0.25, 0.3) is 0 Å². The van der Waals surface area contributed by atoms with Gasteiger partial charge in [0.2, 0.25) is 5.91 Å². The maximum atomic E-state index is 12.8. The molecule has 0 heterocycles. The van der Waals surface area contributed by atoms with Gasteiger partial charge in [0.1, 0.15) is 6.61 Å². The van der Waals surface area contributed by atoms with E-state index in [0.717, 1.165) is 22.3 Å². The standard InChI is InChI=1S/C26H32N2O6/c1-15(2)22(26(3,4)24(32)27-13-21(29)23(30)31)28-25(33)34-14-20-18-11-7-5-9-16(18)17-10-6-8-12-19(17)20/h5-12,15,20-22,29H,13-14H2,1-4H3,(H,27,32)(H,28,33)(H,30,31). The predicted octanol–water partition coefficient (Wildman–Crippen LogP) is 3.14. The number of carboxylic acid groups (broad SMARTS) is 1. The SMILES string of the molecule is CC(C)C(NC(=O)OCC1c2ccccc2-c2ccccc21)C(C)(C)C(=O)NCC(O)C(=O)O. The Bertz CT molecular complexity index is 1020. The van der Waals surface area contributed by atoms with E-state index in [9.17, 15) is 19.5 Å². The van der Waals surface area contributed by atoms with Gasteiger partial charge in [-0.15, -0.1) is 0 Å². The van der Waals surface area contributed by atoms with Crippen LogP contribution in [0.5, 0.6) is 0 Å². The second-order valence-corrected chi connectivity index (χ2v) is 9.48. The van der Waals surface area contributed by atoms with E-state index in [2.05, 4.69) is 22.8 Å². The van der Waals surface area contributed by atoms with Crippen molar-refractivity contribution < 1.29 is 29.3 Å². The lowest BCUT2D eigenvalue weighted by molar-refractivity contribution is -0.146. The van der Waals surface area contributed by atoms with Crippen LogP contribution in [0.25, 0.3) is 11.1 Å². The highest BCUT2D eigenvalue weighted by Crippen LogP contribution is 2.44. The van der Waals surface area contributed by atoms with Crippen molar-refractivity contribution in [3.05, 3.63) is 59.7 Å². The Hall–Kier alpha value is -3.39. The number of benzene rings is 2. The Labute approximate surface area is 199 Å². The van der Waals surface area contributed by atoms with Gasteiger partial charge in [-0.25, -0.2) is 9.59 Å². The first kappa shape index (κ1) is 25.2. The number of hydrogen-bond acceptors (Lipinski definition) is 5. The van der Waals surface area contributed by atoms with E-state index in [4.69, 9.17) is 9.84 Å². The summed E-state index contributed by atoms with van der Waals surface area (Å²) in [6.07, 6.45) is -2.33. The summed E-state index contributed by atoms with van der Waals surface area (Å²) >= 11 is 0. The number of aliphatic carboxylic acids is 1. The van der Waals surface area contributed by atoms with Crippen molar-refractivity contribution >= 4 is 18.0 Å². The summed E-state index contributed by atoms with van der Waals surface area (Å²) in [4.78, 5) is 36.3. The van der Waals surface area contributed by atoms with Crippen LogP contribution in [0.2, 0.25) is 0 Å². The molecule has 0 aromatic heterocycles. The fraction of sp³-hybridized carbons (Fsp3) is 0.423. The van der Waals surface area contributed by atoms with E-state index in [1.807, 2.05) is 50.2 Å². The van der Waals surface area contributed by atoms with Gasteiger partial charge in [0, 0.05) is 12.0 Å². The van der Waals surface area contributed by atoms with Gasteiger partial charge in [-0.3, -0.25) is 4.79 Å². The van der Waals surface area contributed by atoms with Crippen molar-refractivity contribution in [2.45, 2.75) is 45.8 Å². The number of hydrogen-bond donors (Lipinski definition) is 4. The smallest absolute Gasteiger partial charge is 0.407 e. The van der Waals surface area contributed by atoms with Gasteiger partial charge < -0.3 is 25.6 Å². The van der Waals surface area contributed by atoms with E-state index in [-0.39, 0.29) is 18.4 Å². The molecule has 0 bridgehead atoms. The molecule has 8 nitrogen and oxygen atoms in total. The normalized spacial score (nSPS) is 14.6. The second-order valence-electron chi connectivity index (χ2n) is 9.48. The largest absolute Gasteiger partial charge is 0.479 e. The molecule has 0 spiro atoms. The molecule has 34 heavy (non-hydrogen) atoms. The van der Waals surface area contributed by atoms with Gasteiger partial charge in [-0.1, -0.05) is 62.4 Å². The summed E-state index contributed by atoms with van der Waals surface area (Å²) in [5, 5.41) is 23.5. The van der Waals surface area contributed by atoms with Gasteiger partial charge in [0.05, 0.1) is 12.0 Å². The van der Waals surface area contributed by atoms with Crippen molar-refractivity contribution in [3.63, 3.8) is 0 Å². The maximum Gasteiger partial charge on any atom is 0.407 e. The lowest BCUT2D eigenvalue weighted by Gasteiger charge is -2.36. The summed E-state index contributed by atoms with van der Waals surface area (Å²) in [7, 11) is 0. The van der Waals surface area contributed by atoms with Crippen molar-refractivity contribution in [1.82, 2.24) is 10.6 Å². The number of aliphatic hydroxyl groups excluding tert-OH is 1. The molecule has 1 aliphatic carbocycles. The molecule has 2 aromatic carbocycles. The lowest BCUT2D eigenvalue weighted by atomic mass is 9.77. The predicted molar refractivity (Wildman–Crippen MR) is 127 cm³/mol. The first-order chi connectivity index (χ1) is 16.0. The minimum absolute atomic E-state index is 0.0792. The molecular weight excluding hydrogens is 436 g/mol. The highest BCUT2D eigenvalue weighted by Gasteiger charge is 2.40. The molecule has 0 aliphatic heterocycles. The van der Waals surface area contributed by atoms with Crippen LogP contribution in [0.3, 0.4) is 0 Å². The van der Waals surface area contributed by atoms with Crippen molar-refractivity contribution in [2.24, 2.45) is 11.3 Å². The average Bonchev–Trinajstić information content (AvgIpc) is 3.12. The summed E-state index contributed by atoms with van der Waals surface area (Å²) in [5.41, 5.74) is 3.39. The average molecular weight is 469 g/mol. The van der Waals surface area contributed by atoms with E-state index >= 15 is 0 Å². The molecule has 3 rings (SSSR count). The van der Waals surface area contributed by atoms with Crippen molar-refractivity contribution in [2.75, 3.05) is 13.2 Å². The van der Waals surface area contributed by atoms with Crippen LogP contribution in [-0.2, 0) is 14.3 Å². The third-order valence-electron chi connectivity index (χ3n) is 6.39. The van der Waals surface area contributed by atoms with E-state index < -0.39 is 42.1 Å². The number of rotatable bonds is 9. The molecule has 1 aliphatic rings. The van der Waals surface area contributed by atoms with Gasteiger partial charge >= 0.3 is 12.1 Å². The number of nitrogens with one attached hydrogen (secondary N) is 2. The number of amides is 2. The van der Waals surface area contributed by atoms with Crippen LogP contribution in [0.1, 0.15) is 44.7 Å². The zero-order valence-electron chi connectivity index (χ0n) is 19.9. The molecule has 0 fully saturated rings. The number of carboxylic acids is 1. The number of carbonyl (C=O) groups is 3. The molecule has 0 saturated carbocycles. The monoisotopic (exact) mass is 468 g/mol. The molecule has 2 unspecified atom stereocenters. The number of carbonyl (C=O) groups excluding carboxylic acids is 2. The minimum Gasteiger partial charge on any atom is -0.479 e. The molecule has 2 aromatic rings. The molecular formula is C26H32N2O6. The quantitative estimate of drug-likeness (QED) is 0.448. The minimum atomic E-state index is -1.70. The molecule has 182 valence electrons. The zero-order valence-corrected chi connectivity index (χ0v) is 19.9. The van der Waals surface area contributed by atoms with Gasteiger partial charge in [-0.2, -0.15) is 0 Å². The summed E-state index contributed by atoms with van der Waals surface area (Å²) in [6, 6.07) is 15.5. The summed E-state index contributed by atoms with van der Waals surface area (Å²) in [6.45, 7) is 6.79. The number of ether oxygens (including phenoxy) is 1. The first-order valence-electron chi connectivity index (χ1n) is 11.3.